The summed E-state index contributed by atoms with van der Waals surface area (Å²) in [6.45, 7) is 2.44. The largest absolute Gasteiger partial charge is 0.465 e. The molecule has 0 aromatic heterocycles. The summed E-state index contributed by atoms with van der Waals surface area (Å²) in [5.41, 5.74) is 4.04. The highest BCUT2D eigenvalue weighted by atomic mass is 35.5. The fourth-order valence-electron chi connectivity index (χ4n) is 4.98. The van der Waals surface area contributed by atoms with Crippen molar-refractivity contribution in [1.82, 2.24) is 10.2 Å². The van der Waals surface area contributed by atoms with Crippen molar-refractivity contribution in [3.8, 4) is 11.1 Å². The summed E-state index contributed by atoms with van der Waals surface area (Å²) in [7, 11) is 0. The number of hydrogen-bond acceptors (Lipinski definition) is 5. The van der Waals surface area contributed by atoms with Crippen molar-refractivity contribution in [3.05, 3.63) is 107 Å². The molecule has 2 aromatic rings. The molecule has 2 aromatic carbocycles. The molecule has 2 aliphatic heterocycles. The van der Waals surface area contributed by atoms with E-state index in [-0.39, 0.29) is 12.3 Å². The number of nitrogens with zero attached hydrogens (tertiary/aromatic N) is 1. The van der Waals surface area contributed by atoms with Gasteiger partial charge in [-0.2, -0.15) is 0 Å². The first-order valence-corrected chi connectivity index (χ1v) is 13.6. The quantitative estimate of drug-likeness (QED) is 0.446. The van der Waals surface area contributed by atoms with E-state index in [2.05, 4.69) is 16.3 Å². The Balaban J connectivity index is 1.24. The van der Waals surface area contributed by atoms with Gasteiger partial charge in [0.2, 0.25) is 5.91 Å². The highest BCUT2D eigenvalue weighted by Crippen LogP contribution is 2.28. The van der Waals surface area contributed by atoms with Crippen LogP contribution in [0.1, 0.15) is 31.2 Å². The minimum Gasteiger partial charge on any atom is -0.465 e. The zero-order chi connectivity index (χ0) is 26.3. The van der Waals surface area contributed by atoms with Crippen LogP contribution in [0, 0.1) is 0 Å². The van der Waals surface area contributed by atoms with Gasteiger partial charge in [-0.05, 0) is 73.2 Å². The highest BCUT2D eigenvalue weighted by Gasteiger charge is 2.31. The second-order valence-corrected chi connectivity index (χ2v) is 10.3. The number of halogens is 1. The highest BCUT2D eigenvalue weighted by molar-refractivity contribution is 6.30. The van der Waals surface area contributed by atoms with Crippen molar-refractivity contribution in [2.45, 2.75) is 44.2 Å². The predicted molar refractivity (Wildman–Crippen MR) is 149 cm³/mol. The van der Waals surface area contributed by atoms with E-state index in [1.165, 1.54) is 6.26 Å². The Morgan fingerprint density at radius 3 is 2.42 bits per heavy atom. The van der Waals surface area contributed by atoms with Gasteiger partial charge in [0.15, 0.2) is 11.5 Å². The second kappa shape index (κ2) is 12.5. The Bertz CT molecular complexity index is 1240. The number of allylic oxidation sites excluding steroid dienone is 4. The maximum absolute atomic E-state index is 13.1. The molecule has 0 unspecified atom stereocenters. The van der Waals surface area contributed by atoms with E-state index >= 15 is 0 Å². The molecule has 0 radical (unpaired) electrons. The maximum atomic E-state index is 13.1. The molecule has 0 saturated carbocycles. The van der Waals surface area contributed by atoms with Crippen LogP contribution in [0.15, 0.2) is 96.4 Å². The molecular formula is C31H33ClN2O4. The van der Waals surface area contributed by atoms with Crippen LogP contribution in [0.4, 0.5) is 0 Å². The van der Waals surface area contributed by atoms with E-state index in [0.717, 1.165) is 61.0 Å². The number of aliphatic hydroxyl groups is 1. The number of likely N-dealkylation sites (tertiary alicyclic amines) is 1. The van der Waals surface area contributed by atoms with E-state index in [4.69, 9.17) is 21.1 Å². The number of benzene rings is 2. The number of ether oxygens (including phenoxy) is 2. The van der Waals surface area contributed by atoms with Crippen molar-refractivity contribution < 1.29 is 19.4 Å². The van der Waals surface area contributed by atoms with Crippen LogP contribution in [-0.4, -0.2) is 47.7 Å². The number of hydrogen-bond donors (Lipinski definition) is 2. The van der Waals surface area contributed by atoms with E-state index in [1.54, 1.807) is 6.26 Å². The Kier molecular flexibility index (Phi) is 8.64. The number of aliphatic hydroxyl groups excluding tert-OH is 1. The summed E-state index contributed by atoms with van der Waals surface area (Å²) in [5.74, 6) is 0.744. The molecule has 0 bridgehead atoms. The molecule has 6 nitrogen and oxygen atoms in total. The molecular weight excluding hydrogens is 500 g/mol. The van der Waals surface area contributed by atoms with Crippen LogP contribution in [0.25, 0.3) is 11.1 Å². The summed E-state index contributed by atoms with van der Waals surface area (Å²) in [6, 6.07) is 15.1. The molecule has 198 valence electrons. The van der Waals surface area contributed by atoms with Crippen molar-refractivity contribution in [3.63, 3.8) is 0 Å². The van der Waals surface area contributed by atoms with Gasteiger partial charge in [-0.1, -0.05) is 66.2 Å². The summed E-state index contributed by atoms with van der Waals surface area (Å²) in [5, 5.41) is 15.1. The Morgan fingerprint density at radius 1 is 1.03 bits per heavy atom. The van der Waals surface area contributed by atoms with Gasteiger partial charge in [0.05, 0.1) is 12.5 Å². The molecule has 1 fully saturated rings. The van der Waals surface area contributed by atoms with Crippen LogP contribution in [0.5, 0.6) is 0 Å². The van der Waals surface area contributed by atoms with Crippen LogP contribution in [0.2, 0.25) is 5.02 Å². The fourth-order valence-corrected chi connectivity index (χ4v) is 5.11. The molecule has 1 aliphatic carbocycles. The SMILES string of the molecule is O=C(Cc1ccc(-c2ccc(Cl)cc2)cc1)N[C@H](CN1CCCC1)[C@@H](O)C1=COC=C(C2=CC=CCC2)O1. The predicted octanol–water partition coefficient (Wildman–Crippen LogP) is 5.50. The van der Waals surface area contributed by atoms with Gasteiger partial charge >= 0.3 is 0 Å². The molecule has 2 N–H and O–H groups in total. The monoisotopic (exact) mass is 532 g/mol. The molecule has 1 saturated heterocycles. The first-order chi connectivity index (χ1) is 18.5. The van der Waals surface area contributed by atoms with E-state index in [1.807, 2.05) is 60.7 Å². The van der Waals surface area contributed by atoms with Crippen molar-refractivity contribution in [2.24, 2.45) is 0 Å². The average Bonchev–Trinajstić information content (AvgIpc) is 3.47. The van der Waals surface area contributed by atoms with Gasteiger partial charge in [0.1, 0.15) is 18.6 Å². The van der Waals surface area contributed by atoms with Crippen LogP contribution >= 0.6 is 11.6 Å². The molecule has 1 amide bonds. The number of carbonyl (C=O) groups is 1. The lowest BCUT2D eigenvalue weighted by molar-refractivity contribution is -0.122. The van der Waals surface area contributed by atoms with Gasteiger partial charge in [-0.3, -0.25) is 4.79 Å². The topological polar surface area (TPSA) is 71.0 Å². The number of rotatable bonds is 9. The summed E-state index contributed by atoms with van der Waals surface area (Å²) < 4.78 is 11.6. The third-order valence-corrected chi connectivity index (χ3v) is 7.34. The van der Waals surface area contributed by atoms with Crippen LogP contribution in [0.3, 0.4) is 0 Å². The van der Waals surface area contributed by atoms with Crippen molar-refractivity contribution in [1.29, 1.82) is 0 Å². The first kappa shape index (κ1) is 26.3. The lowest BCUT2D eigenvalue weighted by Crippen LogP contribution is -2.51. The maximum Gasteiger partial charge on any atom is 0.224 e. The minimum absolute atomic E-state index is 0.152. The van der Waals surface area contributed by atoms with Gasteiger partial charge in [-0.15, -0.1) is 0 Å². The molecule has 2 heterocycles. The zero-order valence-corrected chi connectivity index (χ0v) is 22.1. The van der Waals surface area contributed by atoms with Gasteiger partial charge in [0, 0.05) is 11.6 Å². The Hall–Kier alpha value is -3.32. The van der Waals surface area contributed by atoms with E-state index < -0.39 is 12.1 Å². The molecule has 0 spiro atoms. The van der Waals surface area contributed by atoms with Gasteiger partial charge < -0.3 is 24.8 Å². The summed E-state index contributed by atoms with van der Waals surface area (Å²) in [4.78, 5) is 15.4. The van der Waals surface area contributed by atoms with Crippen LogP contribution < -0.4 is 5.32 Å². The smallest absolute Gasteiger partial charge is 0.224 e. The molecule has 3 aliphatic rings. The van der Waals surface area contributed by atoms with E-state index in [0.29, 0.717) is 23.1 Å². The molecule has 5 rings (SSSR count). The van der Waals surface area contributed by atoms with Crippen LogP contribution in [-0.2, 0) is 20.7 Å². The molecule has 2 atom stereocenters. The number of carbonyl (C=O) groups excluding carboxylic acids is 1. The van der Waals surface area contributed by atoms with Gasteiger partial charge in [0.25, 0.3) is 0 Å². The van der Waals surface area contributed by atoms with E-state index in [9.17, 15) is 9.90 Å². The third-order valence-electron chi connectivity index (χ3n) is 7.09. The first-order valence-electron chi connectivity index (χ1n) is 13.2. The van der Waals surface area contributed by atoms with Gasteiger partial charge in [-0.25, -0.2) is 0 Å². The second-order valence-electron chi connectivity index (χ2n) is 9.91. The summed E-state index contributed by atoms with van der Waals surface area (Å²) in [6.07, 6.45) is 12.3. The lowest BCUT2D eigenvalue weighted by Gasteiger charge is -2.31. The zero-order valence-electron chi connectivity index (χ0n) is 21.3. The third kappa shape index (κ3) is 6.76. The molecule has 7 heteroatoms. The normalized spacial score (nSPS) is 18.9. The Morgan fingerprint density at radius 2 is 1.74 bits per heavy atom. The van der Waals surface area contributed by atoms with Crippen molar-refractivity contribution in [2.75, 3.05) is 19.6 Å². The fraction of sp³-hybridized carbons (Fsp3) is 0.323. The Labute approximate surface area is 228 Å². The number of amides is 1. The lowest BCUT2D eigenvalue weighted by atomic mass is 10.0. The minimum atomic E-state index is -1.05. The average molecular weight is 533 g/mol. The molecule has 38 heavy (non-hydrogen) atoms. The van der Waals surface area contributed by atoms with Crippen molar-refractivity contribution >= 4 is 17.5 Å². The standard InChI is InChI=1S/C31H33ClN2O4/c32-26-14-12-24(13-15-26)23-10-8-22(9-11-23)18-30(35)33-27(19-34-16-4-5-17-34)31(36)29-21-37-20-28(38-29)25-6-2-1-3-7-25/h1-2,6,8-15,20-21,27,31,36H,3-5,7,16-19H2,(H,33,35)/t27-,31-/m1/s1. The summed E-state index contributed by atoms with van der Waals surface area (Å²) >= 11 is 6.00. The number of nitrogens with one attached hydrogen (secondary N) is 1.